The van der Waals surface area contributed by atoms with E-state index < -0.39 is 0 Å². The molecule has 0 aliphatic carbocycles. The molecule has 20 heavy (non-hydrogen) atoms. The van der Waals surface area contributed by atoms with Crippen molar-refractivity contribution in [3.8, 4) is 0 Å². The third-order valence-corrected chi connectivity index (χ3v) is 7.22. The van der Waals surface area contributed by atoms with Gasteiger partial charge in [0.1, 0.15) is 3.70 Å². The summed E-state index contributed by atoms with van der Waals surface area (Å²) in [6.45, 7) is 7.05. The van der Waals surface area contributed by atoms with Gasteiger partial charge in [-0.2, -0.15) is 0 Å². The Morgan fingerprint density at radius 1 is 0.950 bits per heavy atom. The molecule has 0 aliphatic heterocycles. The molecule has 0 amide bonds. The molecule has 0 spiro atoms. The molecule has 1 nitrogen and oxygen atoms in total. The van der Waals surface area contributed by atoms with Gasteiger partial charge >= 0.3 is 0 Å². The summed E-state index contributed by atoms with van der Waals surface area (Å²) in [4.78, 5) is 6.18. The number of thiazole rings is 1. The minimum atomic E-state index is 0.348. The van der Waals surface area contributed by atoms with E-state index in [4.69, 9.17) is 0 Å². The van der Waals surface area contributed by atoms with Gasteiger partial charge in [-0.05, 0) is 58.0 Å². The molecule has 1 heterocycles. The zero-order valence-corrected chi connectivity index (χ0v) is 18.1. The van der Waals surface area contributed by atoms with Crippen LogP contribution in [0.2, 0.25) is 0 Å². The maximum Gasteiger partial charge on any atom is 0.155 e. The average molecular weight is 519 g/mol. The number of nitrogens with zero attached hydrogens (tertiary/aromatic N) is 1. The van der Waals surface area contributed by atoms with Crippen LogP contribution in [0.1, 0.15) is 83.4 Å². The third kappa shape index (κ3) is 6.07. The van der Waals surface area contributed by atoms with E-state index >= 15 is 0 Å². The maximum absolute atomic E-state index is 4.64. The van der Waals surface area contributed by atoms with E-state index in [0.29, 0.717) is 5.41 Å². The zero-order chi connectivity index (χ0) is 15.0. The van der Waals surface area contributed by atoms with Crippen molar-refractivity contribution in [2.75, 3.05) is 0 Å². The Bertz CT molecular complexity index is 392. The van der Waals surface area contributed by atoms with Crippen LogP contribution in [0.5, 0.6) is 0 Å². The van der Waals surface area contributed by atoms with Crippen LogP contribution in [0.15, 0.2) is 0 Å². The highest BCUT2D eigenvalue weighted by Crippen LogP contribution is 2.41. The van der Waals surface area contributed by atoms with E-state index in [9.17, 15) is 0 Å². The van der Waals surface area contributed by atoms with Crippen LogP contribution in [0.25, 0.3) is 0 Å². The van der Waals surface area contributed by atoms with Gasteiger partial charge in [0.05, 0.1) is 0 Å². The van der Waals surface area contributed by atoms with Gasteiger partial charge in [-0.15, -0.1) is 11.3 Å². The molecule has 0 radical (unpaired) electrons. The smallest absolute Gasteiger partial charge is 0.155 e. The van der Waals surface area contributed by atoms with Gasteiger partial charge in [-0.25, -0.2) is 4.98 Å². The fraction of sp³-hybridized carbons (Fsp3) is 0.812. The predicted octanol–water partition coefficient (Wildman–Crippen LogP) is 7.16. The summed E-state index contributed by atoms with van der Waals surface area (Å²) in [5.41, 5.74) is 0.348. The standard InChI is InChI=1S/C16H27I2NS/c1-4-6-8-10-12-16(3,11-9-7-5-2)13-14(17)19-15(18)20-13/h4-12H2,1-3H3. The predicted molar refractivity (Wildman–Crippen MR) is 108 cm³/mol. The number of hydrogen-bond acceptors (Lipinski definition) is 2. The average Bonchev–Trinajstić information content (AvgIpc) is 2.75. The molecule has 0 aromatic carbocycles. The third-order valence-electron chi connectivity index (χ3n) is 4.02. The lowest BCUT2D eigenvalue weighted by molar-refractivity contribution is 0.370. The fourth-order valence-corrected chi connectivity index (χ4v) is 6.34. The topological polar surface area (TPSA) is 12.9 Å². The van der Waals surface area contributed by atoms with Crippen LogP contribution >= 0.6 is 56.5 Å². The van der Waals surface area contributed by atoms with E-state index in [1.165, 1.54) is 69.4 Å². The van der Waals surface area contributed by atoms with Crippen molar-refractivity contribution in [3.05, 3.63) is 11.6 Å². The highest BCUT2D eigenvalue weighted by atomic mass is 127. The first-order chi connectivity index (χ1) is 9.53. The van der Waals surface area contributed by atoms with Crippen molar-refractivity contribution in [2.45, 2.75) is 84.0 Å². The molecule has 1 rings (SSSR count). The minimum Gasteiger partial charge on any atom is -0.224 e. The van der Waals surface area contributed by atoms with E-state index in [-0.39, 0.29) is 0 Å². The SMILES string of the molecule is CCCCCCC(C)(CCCCC)c1sc(I)nc1I. The summed E-state index contributed by atoms with van der Waals surface area (Å²) in [5.74, 6) is 0. The number of rotatable bonds is 10. The maximum atomic E-state index is 4.64. The van der Waals surface area contributed by atoms with Crippen LogP contribution in [-0.2, 0) is 5.41 Å². The van der Waals surface area contributed by atoms with Crippen molar-refractivity contribution < 1.29 is 0 Å². The van der Waals surface area contributed by atoms with Gasteiger partial charge in [0.2, 0.25) is 0 Å². The van der Waals surface area contributed by atoms with Gasteiger partial charge in [0.15, 0.2) is 3.01 Å². The fourth-order valence-electron chi connectivity index (χ4n) is 2.71. The number of hydrogen-bond donors (Lipinski definition) is 0. The van der Waals surface area contributed by atoms with Crippen LogP contribution in [0, 0.1) is 6.72 Å². The Labute approximate surface area is 156 Å². The summed E-state index contributed by atoms with van der Waals surface area (Å²) in [7, 11) is 0. The molecule has 0 saturated heterocycles. The normalized spacial score (nSPS) is 14.4. The Morgan fingerprint density at radius 3 is 2.00 bits per heavy atom. The lowest BCUT2D eigenvalue weighted by Crippen LogP contribution is -2.22. The van der Waals surface area contributed by atoms with E-state index in [1.807, 2.05) is 11.3 Å². The van der Waals surface area contributed by atoms with Crippen LogP contribution < -0.4 is 0 Å². The van der Waals surface area contributed by atoms with Crippen molar-refractivity contribution >= 4 is 56.5 Å². The van der Waals surface area contributed by atoms with Gasteiger partial charge in [-0.1, -0.05) is 65.7 Å². The molecule has 0 fully saturated rings. The van der Waals surface area contributed by atoms with Crippen LogP contribution in [0.3, 0.4) is 0 Å². The zero-order valence-electron chi connectivity index (χ0n) is 13.0. The summed E-state index contributed by atoms with van der Waals surface area (Å²) >= 11 is 6.71. The van der Waals surface area contributed by atoms with E-state index in [0.717, 1.165) is 0 Å². The molecule has 0 aliphatic rings. The van der Waals surface area contributed by atoms with Gasteiger partial charge in [0, 0.05) is 10.3 Å². The number of unbranched alkanes of at least 4 members (excludes halogenated alkanes) is 5. The lowest BCUT2D eigenvalue weighted by atomic mass is 9.79. The molecule has 4 heteroatoms. The molecule has 0 bridgehead atoms. The molecule has 116 valence electrons. The van der Waals surface area contributed by atoms with Gasteiger partial charge in [-0.3, -0.25) is 0 Å². The van der Waals surface area contributed by atoms with E-state index in [2.05, 4.69) is 70.9 Å². The molecule has 1 aromatic rings. The van der Waals surface area contributed by atoms with Gasteiger partial charge in [0.25, 0.3) is 0 Å². The second-order valence-corrected chi connectivity index (χ2v) is 9.69. The van der Waals surface area contributed by atoms with Crippen molar-refractivity contribution in [1.29, 1.82) is 0 Å². The Morgan fingerprint density at radius 2 is 1.50 bits per heavy atom. The first kappa shape index (κ1) is 19.1. The van der Waals surface area contributed by atoms with Crippen LogP contribution in [-0.4, -0.2) is 4.98 Å². The second-order valence-electron chi connectivity index (χ2n) is 5.92. The highest BCUT2D eigenvalue weighted by Gasteiger charge is 2.30. The van der Waals surface area contributed by atoms with Crippen molar-refractivity contribution in [2.24, 2.45) is 0 Å². The summed E-state index contributed by atoms with van der Waals surface area (Å²) in [6.07, 6.45) is 12.1. The van der Waals surface area contributed by atoms with Gasteiger partial charge < -0.3 is 0 Å². The molecular formula is C16H27I2NS. The minimum absolute atomic E-state index is 0.348. The quantitative estimate of drug-likeness (QED) is 0.236. The van der Waals surface area contributed by atoms with E-state index in [1.54, 1.807) is 0 Å². The largest absolute Gasteiger partial charge is 0.224 e. The summed E-state index contributed by atoms with van der Waals surface area (Å²) in [6, 6.07) is 0. The molecule has 1 aromatic heterocycles. The van der Waals surface area contributed by atoms with Crippen LogP contribution in [0.4, 0.5) is 0 Å². The number of halogens is 2. The monoisotopic (exact) mass is 519 g/mol. The molecule has 0 saturated carbocycles. The Balaban J connectivity index is 2.74. The first-order valence-corrected chi connectivity index (χ1v) is 10.8. The Hall–Kier alpha value is 1.09. The molecular weight excluding hydrogens is 492 g/mol. The summed E-state index contributed by atoms with van der Waals surface area (Å²) < 4.78 is 2.43. The molecule has 1 atom stereocenters. The molecule has 1 unspecified atom stereocenters. The van der Waals surface area contributed by atoms with Crippen molar-refractivity contribution in [3.63, 3.8) is 0 Å². The second kappa shape index (κ2) is 9.98. The first-order valence-electron chi connectivity index (χ1n) is 7.85. The number of aromatic nitrogens is 1. The van der Waals surface area contributed by atoms with Crippen molar-refractivity contribution in [1.82, 2.24) is 4.98 Å². The lowest BCUT2D eigenvalue weighted by Gasteiger charge is -2.29. The molecule has 0 N–H and O–H groups in total. The summed E-state index contributed by atoms with van der Waals surface area (Å²) in [5, 5.41) is 0. The highest BCUT2D eigenvalue weighted by molar-refractivity contribution is 14.1. The Kier molecular flexibility index (Phi) is 9.55.